The molecule has 0 radical (unpaired) electrons. The molecule has 0 atom stereocenters. The van der Waals surface area contributed by atoms with E-state index in [1.54, 1.807) is 17.3 Å². The maximum Gasteiger partial charge on any atom is 0.237 e. The number of nitrogens with one attached hydrogen (secondary N) is 1. The normalized spacial score (nSPS) is 19.1. The fourth-order valence-electron chi connectivity index (χ4n) is 5.75. The van der Waals surface area contributed by atoms with E-state index < -0.39 is 15.4 Å². The van der Waals surface area contributed by atoms with Crippen LogP contribution in [0.1, 0.15) is 24.8 Å². The van der Waals surface area contributed by atoms with Crippen LogP contribution in [0, 0.1) is 0 Å². The molecule has 2 fully saturated rings. The molecule has 1 aromatic carbocycles. The Labute approximate surface area is 211 Å². The number of hydrogen-bond donors (Lipinski definition) is 1. The lowest BCUT2D eigenvalue weighted by molar-refractivity contribution is -0.125. The summed E-state index contributed by atoms with van der Waals surface area (Å²) in [6.45, 7) is 1.57. The van der Waals surface area contributed by atoms with Crippen LogP contribution in [0.5, 0.6) is 0 Å². The summed E-state index contributed by atoms with van der Waals surface area (Å²) in [4.78, 5) is 28.5. The maximum absolute atomic E-state index is 13.2. The lowest BCUT2D eigenvalue weighted by Crippen LogP contribution is -2.57. The van der Waals surface area contributed by atoms with Crippen molar-refractivity contribution < 1.29 is 13.2 Å². The molecule has 36 heavy (non-hydrogen) atoms. The average Bonchev–Trinajstić information content (AvgIpc) is 2.99. The van der Waals surface area contributed by atoms with Gasteiger partial charge in [0.1, 0.15) is 0 Å². The Balaban J connectivity index is 1.44. The number of carbonyl (C=O) groups is 1. The van der Waals surface area contributed by atoms with E-state index in [1.165, 1.54) is 0 Å². The number of sulfonamides is 1. The topological polar surface area (TPSA) is 98.7 Å². The van der Waals surface area contributed by atoms with Crippen molar-refractivity contribution in [2.45, 2.75) is 30.7 Å². The van der Waals surface area contributed by atoms with E-state index in [1.807, 2.05) is 39.3 Å². The monoisotopic (exact) mass is 506 g/mol. The van der Waals surface area contributed by atoms with Crippen molar-refractivity contribution in [3.63, 3.8) is 0 Å². The molecule has 3 aliphatic rings. The van der Waals surface area contributed by atoms with Crippen molar-refractivity contribution in [1.82, 2.24) is 14.9 Å². The number of carbonyl (C=O) groups excluding carboxylic acids is 1. The van der Waals surface area contributed by atoms with E-state index in [2.05, 4.69) is 25.6 Å². The summed E-state index contributed by atoms with van der Waals surface area (Å²) in [5.74, 6) is 0.783. The minimum absolute atomic E-state index is 0.152. The first-order valence-corrected chi connectivity index (χ1v) is 14.1. The van der Waals surface area contributed by atoms with Gasteiger partial charge in [-0.3, -0.25) is 14.5 Å². The molecule has 1 saturated heterocycles. The summed E-state index contributed by atoms with van der Waals surface area (Å²) in [5.41, 5.74) is 4.52. The minimum Gasteiger partial charge on any atom is -0.352 e. The zero-order chi connectivity index (χ0) is 25.4. The summed E-state index contributed by atoms with van der Waals surface area (Å²) in [7, 11) is 2.42. The van der Waals surface area contributed by atoms with Crippen molar-refractivity contribution >= 4 is 44.0 Å². The first-order valence-electron chi connectivity index (χ1n) is 12.2. The Kier molecular flexibility index (Phi) is 5.07. The standard InChI is InChI=1S/C26H30N6O3S/c1-30(2)18-14-32(15-18)24-21(29-36(4,34)35)11-17(12-28-24)16-6-7-20-19(10-16)23-22(13-27-20)31(3)25(33)26(23)8-5-9-26/h6-7,10-13,18,29H,5,8-9,14-15H2,1-4H3. The van der Waals surface area contributed by atoms with Gasteiger partial charge in [-0.15, -0.1) is 0 Å². The van der Waals surface area contributed by atoms with Crippen molar-refractivity contribution in [3.05, 3.63) is 42.2 Å². The van der Waals surface area contributed by atoms with Crippen LogP contribution in [0.15, 0.2) is 36.7 Å². The minimum atomic E-state index is -3.49. The van der Waals surface area contributed by atoms with Gasteiger partial charge in [0.25, 0.3) is 0 Å². The number of benzene rings is 1. The highest BCUT2D eigenvalue weighted by molar-refractivity contribution is 7.92. The highest BCUT2D eigenvalue weighted by Crippen LogP contribution is 2.55. The third kappa shape index (κ3) is 3.46. The van der Waals surface area contributed by atoms with E-state index in [-0.39, 0.29) is 5.91 Å². The quantitative estimate of drug-likeness (QED) is 0.568. The third-order valence-electron chi connectivity index (χ3n) is 8.00. The van der Waals surface area contributed by atoms with Crippen molar-refractivity contribution in [3.8, 4) is 11.1 Å². The number of pyridine rings is 2. The molecule has 3 aromatic rings. The van der Waals surface area contributed by atoms with Gasteiger partial charge < -0.3 is 14.7 Å². The van der Waals surface area contributed by atoms with Crippen molar-refractivity contribution in [1.29, 1.82) is 0 Å². The van der Waals surface area contributed by atoms with Crippen molar-refractivity contribution in [2.75, 3.05) is 55.0 Å². The number of aromatic nitrogens is 2. The van der Waals surface area contributed by atoms with Crippen LogP contribution in [0.4, 0.5) is 17.2 Å². The van der Waals surface area contributed by atoms with Crippen LogP contribution in [-0.2, 0) is 20.2 Å². The lowest BCUT2D eigenvalue weighted by atomic mass is 9.64. The van der Waals surface area contributed by atoms with E-state index in [4.69, 9.17) is 4.98 Å². The van der Waals surface area contributed by atoms with Gasteiger partial charge >= 0.3 is 0 Å². The second-order valence-corrected chi connectivity index (χ2v) is 12.3. The van der Waals surface area contributed by atoms with E-state index in [0.717, 1.165) is 71.9 Å². The smallest absolute Gasteiger partial charge is 0.237 e. The zero-order valence-electron chi connectivity index (χ0n) is 20.9. The largest absolute Gasteiger partial charge is 0.352 e. The maximum atomic E-state index is 13.2. The molecule has 2 aliphatic heterocycles. The summed E-state index contributed by atoms with van der Waals surface area (Å²) in [6.07, 6.45) is 7.50. The molecule has 10 heteroatoms. The molecule has 0 bridgehead atoms. The van der Waals surface area contributed by atoms with Gasteiger partial charge in [-0.25, -0.2) is 13.4 Å². The predicted octanol–water partition coefficient (Wildman–Crippen LogP) is 2.82. The second kappa shape index (κ2) is 7.88. The van der Waals surface area contributed by atoms with Crippen LogP contribution in [0.25, 0.3) is 22.0 Å². The molecule has 0 unspecified atom stereocenters. The van der Waals surface area contributed by atoms with Crippen molar-refractivity contribution in [2.24, 2.45) is 0 Å². The van der Waals surface area contributed by atoms with Gasteiger partial charge in [-0.05, 0) is 50.7 Å². The van der Waals surface area contributed by atoms with Gasteiger partial charge in [0, 0.05) is 48.9 Å². The second-order valence-electron chi connectivity index (χ2n) is 10.5. The number of hydrogen-bond acceptors (Lipinski definition) is 7. The SMILES string of the molecule is CN1C(=O)C2(CCC2)c2c1cnc1ccc(-c3cnc(N4CC(N(C)C)C4)c(NS(C)(=O)=O)c3)cc21. The predicted molar refractivity (Wildman–Crippen MR) is 142 cm³/mol. The molecule has 2 aromatic heterocycles. The summed E-state index contributed by atoms with van der Waals surface area (Å²) in [6, 6.07) is 8.27. The van der Waals surface area contributed by atoms with Gasteiger partial charge in [0.15, 0.2) is 5.82 Å². The molecule has 1 aliphatic carbocycles. The fraction of sp³-hybridized carbons (Fsp3) is 0.423. The summed E-state index contributed by atoms with van der Waals surface area (Å²) >= 11 is 0. The Bertz CT molecular complexity index is 1510. The van der Waals surface area contributed by atoms with Crippen LogP contribution in [-0.4, -0.2) is 75.7 Å². The number of rotatable bonds is 5. The van der Waals surface area contributed by atoms with Gasteiger partial charge in [-0.2, -0.15) is 0 Å². The lowest BCUT2D eigenvalue weighted by Gasteiger charge is -2.44. The summed E-state index contributed by atoms with van der Waals surface area (Å²) in [5, 5.41) is 0.973. The number of likely N-dealkylation sites (N-methyl/N-ethyl adjacent to an activating group) is 2. The number of anilines is 3. The highest BCUT2D eigenvalue weighted by Gasteiger charge is 2.54. The molecule has 9 nitrogen and oxygen atoms in total. The van der Waals surface area contributed by atoms with E-state index in [9.17, 15) is 13.2 Å². The summed E-state index contributed by atoms with van der Waals surface area (Å²) < 4.78 is 27.0. The van der Waals surface area contributed by atoms with Gasteiger partial charge in [-0.1, -0.05) is 12.5 Å². The molecule has 1 N–H and O–H groups in total. The molecule has 188 valence electrons. The van der Waals surface area contributed by atoms with Gasteiger partial charge in [0.05, 0.1) is 34.8 Å². The Morgan fingerprint density at radius 1 is 1.08 bits per heavy atom. The first kappa shape index (κ1) is 23.2. The first-order chi connectivity index (χ1) is 17.1. The number of amides is 1. The average molecular weight is 507 g/mol. The number of nitrogens with zero attached hydrogens (tertiary/aromatic N) is 5. The Morgan fingerprint density at radius 3 is 2.47 bits per heavy atom. The van der Waals surface area contributed by atoms with Crippen LogP contribution < -0.4 is 14.5 Å². The van der Waals surface area contributed by atoms with Gasteiger partial charge in [0.2, 0.25) is 15.9 Å². The van der Waals surface area contributed by atoms with E-state index in [0.29, 0.717) is 17.5 Å². The highest BCUT2D eigenvalue weighted by atomic mass is 32.2. The van der Waals surface area contributed by atoms with Crippen LogP contribution in [0.3, 0.4) is 0 Å². The Morgan fingerprint density at radius 2 is 1.83 bits per heavy atom. The molecule has 6 rings (SSSR count). The van der Waals surface area contributed by atoms with E-state index >= 15 is 0 Å². The third-order valence-corrected chi connectivity index (χ3v) is 8.59. The molecule has 1 saturated carbocycles. The fourth-order valence-corrected chi connectivity index (χ4v) is 6.30. The number of fused-ring (bicyclic) bond motifs is 4. The molecular formula is C26H30N6O3S. The molecule has 4 heterocycles. The zero-order valence-corrected chi connectivity index (χ0v) is 21.8. The molecule has 1 spiro atoms. The molecule has 1 amide bonds. The molecular weight excluding hydrogens is 476 g/mol. The Hall–Kier alpha value is -3.24. The van der Waals surface area contributed by atoms with Crippen LogP contribution in [0.2, 0.25) is 0 Å². The van der Waals surface area contributed by atoms with Crippen LogP contribution >= 0.6 is 0 Å².